The number of hydrogen-bond donors (Lipinski definition) is 1. The SMILES string of the molecule is CCCCc1nc2cc(C)cnc2n1CCC(N)=S. The van der Waals surface area contributed by atoms with Crippen LogP contribution in [0.5, 0.6) is 0 Å². The van der Waals surface area contributed by atoms with Gasteiger partial charge in [0.2, 0.25) is 0 Å². The highest BCUT2D eigenvalue weighted by Gasteiger charge is 2.11. The minimum absolute atomic E-state index is 0.537. The number of nitrogens with two attached hydrogens (primary N) is 1. The number of rotatable bonds is 6. The fourth-order valence-corrected chi connectivity index (χ4v) is 2.23. The molecule has 19 heavy (non-hydrogen) atoms. The molecule has 2 N–H and O–H groups in total. The van der Waals surface area contributed by atoms with Gasteiger partial charge in [-0.25, -0.2) is 9.97 Å². The third-order valence-corrected chi connectivity index (χ3v) is 3.34. The summed E-state index contributed by atoms with van der Waals surface area (Å²) in [6.45, 7) is 4.98. The van der Waals surface area contributed by atoms with Crippen molar-refractivity contribution in [1.29, 1.82) is 0 Å². The summed E-state index contributed by atoms with van der Waals surface area (Å²) in [6, 6.07) is 2.08. The molecule has 0 aliphatic rings. The van der Waals surface area contributed by atoms with Gasteiger partial charge in [0.15, 0.2) is 5.65 Å². The van der Waals surface area contributed by atoms with Crippen molar-refractivity contribution in [2.45, 2.75) is 46.1 Å². The summed E-state index contributed by atoms with van der Waals surface area (Å²) in [6.07, 6.45) is 5.84. The van der Waals surface area contributed by atoms with E-state index in [-0.39, 0.29) is 0 Å². The molecule has 0 bridgehead atoms. The van der Waals surface area contributed by atoms with Crippen LogP contribution in [0.1, 0.15) is 37.6 Å². The normalized spacial score (nSPS) is 11.1. The summed E-state index contributed by atoms with van der Waals surface area (Å²) in [4.78, 5) is 9.75. The molecule has 2 aromatic heterocycles. The molecule has 0 atom stereocenters. The molecule has 102 valence electrons. The van der Waals surface area contributed by atoms with Gasteiger partial charge in [-0.1, -0.05) is 25.6 Å². The number of aromatic nitrogens is 3. The summed E-state index contributed by atoms with van der Waals surface area (Å²) >= 11 is 4.97. The molecule has 0 unspecified atom stereocenters. The molecule has 5 heteroatoms. The monoisotopic (exact) mass is 276 g/mol. The van der Waals surface area contributed by atoms with Crippen molar-refractivity contribution in [3.63, 3.8) is 0 Å². The highest BCUT2D eigenvalue weighted by atomic mass is 32.1. The molecule has 0 aliphatic carbocycles. The third-order valence-electron chi connectivity index (χ3n) is 3.14. The maximum Gasteiger partial charge on any atom is 0.160 e. The molecule has 2 heterocycles. The lowest BCUT2D eigenvalue weighted by molar-refractivity contribution is 0.655. The zero-order valence-corrected chi connectivity index (χ0v) is 12.3. The number of aryl methyl sites for hydroxylation is 3. The predicted molar refractivity (Wildman–Crippen MR) is 82.3 cm³/mol. The van der Waals surface area contributed by atoms with E-state index in [0.717, 1.165) is 48.4 Å². The van der Waals surface area contributed by atoms with Crippen molar-refractivity contribution < 1.29 is 0 Å². The first kappa shape index (κ1) is 13.9. The Kier molecular flexibility index (Phi) is 4.47. The average molecular weight is 276 g/mol. The van der Waals surface area contributed by atoms with Crippen molar-refractivity contribution in [2.75, 3.05) is 0 Å². The first-order valence-corrected chi connectivity index (χ1v) is 7.12. The molecule has 0 amide bonds. The van der Waals surface area contributed by atoms with Crippen LogP contribution in [0.15, 0.2) is 12.3 Å². The number of fused-ring (bicyclic) bond motifs is 1. The van der Waals surface area contributed by atoms with E-state index in [1.807, 2.05) is 13.1 Å². The Bertz CT molecular complexity index is 588. The van der Waals surface area contributed by atoms with Crippen LogP contribution < -0.4 is 5.73 Å². The van der Waals surface area contributed by atoms with Crippen LogP contribution in [0.4, 0.5) is 0 Å². The fraction of sp³-hybridized carbons (Fsp3) is 0.500. The number of thiocarbonyl (C=S) groups is 1. The van der Waals surface area contributed by atoms with Crippen LogP contribution in [0.2, 0.25) is 0 Å². The lowest BCUT2D eigenvalue weighted by Crippen LogP contribution is -2.13. The van der Waals surface area contributed by atoms with Crippen LogP contribution >= 0.6 is 12.2 Å². The van der Waals surface area contributed by atoms with E-state index >= 15 is 0 Å². The number of unbranched alkanes of at least 4 members (excludes halogenated alkanes) is 1. The number of pyridine rings is 1. The van der Waals surface area contributed by atoms with Crippen LogP contribution in [-0.2, 0) is 13.0 Å². The van der Waals surface area contributed by atoms with Crippen LogP contribution in [0.3, 0.4) is 0 Å². The predicted octanol–water partition coefficient (Wildman–Crippen LogP) is 2.76. The molecule has 2 rings (SSSR count). The van der Waals surface area contributed by atoms with Gasteiger partial charge >= 0.3 is 0 Å². The van der Waals surface area contributed by atoms with Gasteiger partial charge < -0.3 is 10.3 Å². The molecule has 0 aliphatic heterocycles. The van der Waals surface area contributed by atoms with E-state index in [1.54, 1.807) is 0 Å². The van der Waals surface area contributed by atoms with Crippen molar-refractivity contribution >= 4 is 28.4 Å². The van der Waals surface area contributed by atoms with E-state index in [1.165, 1.54) is 0 Å². The Morgan fingerprint density at radius 1 is 1.47 bits per heavy atom. The third kappa shape index (κ3) is 3.29. The molecule has 0 radical (unpaired) electrons. The van der Waals surface area contributed by atoms with E-state index in [9.17, 15) is 0 Å². The number of nitrogens with zero attached hydrogens (tertiary/aromatic N) is 3. The maximum atomic E-state index is 5.60. The second kappa shape index (κ2) is 6.10. The van der Waals surface area contributed by atoms with Gasteiger partial charge in [-0.2, -0.15) is 0 Å². The lowest BCUT2D eigenvalue weighted by Gasteiger charge is -2.07. The Balaban J connectivity index is 2.39. The Hall–Kier alpha value is -1.49. The quantitative estimate of drug-likeness (QED) is 0.824. The molecule has 4 nitrogen and oxygen atoms in total. The summed E-state index contributed by atoms with van der Waals surface area (Å²) in [5.41, 5.74) is 8.64. The van der Waals surface area contributed by atoms with Gasteiger partial charge in [0.25, 0.3) is 0 Å². The Morgan fingerprint density at radius 2 is 2.26 bits per heavy atom. The molecule has 0 saturated heterocycles. The molecule has 2 aromatic rings. The molecular formula is C14H20N4S. The van der Waals surface area contributed by atoms with Gasteiger partial charge in [0, 0.05) is 25.6 Å². The highest BCUT2D eigenvalue weighted by molar-refractivity contribution is 7.80. The molecule has 0 aromatic carbocycles. The van der Waals surface area contributed by atoms with Gasteiger partial charge in [-0.15, -0.1) is 0 Å². The van der Waals surface area contributed by atoms with Gasteiger partial charge in [0.1, 0.15) is 11.3 Å². The maximum absolute atomic E-state index is 5.60. The van der Waals surface area contributed by atoms with Gasteiger partial charge in [0.05, 0.1) is 4.99 Å². The Morgan fingerprint density at radius 3 is 2.95 bits per heavy atom. The summed E-state index contributed by atoms with van der Waals surface area (Å²) in [5, 5.41) is 0. The molecule has 0 spiro atoms. The van der Waals surface area contributed by atoms with E-state index < -0.39 is 0 Å². The van der Waals surface area contributed by atoms with Crippen molar-refractivity contribution in [3.05, 3.63) is 23.7 Å². The topological polar surface area (TPSA) is 56.7 Å². The summed E-state index contributed by atoms with van der Waals surface area (Å²) in [5.74, 6) is 1.09. The van der Waals surface area contributed by atoms with Crippen LogP contribution in [0.25, 0.3) is 11.2 Å². The zero-order chi connectivity index (χ0) is 13.8. The van der Waals surface area contributed by atoms with Gasteiger partial charge in [-0.05, 0) is 25.0 Å². The second-order valence-electron chi connectivity index (χ2n) is 4.85. The zero-order valence-electron chi connectivity index (χ0n) is 11.5. The van der Waals surface area contributed by atoms with Crippen molar-refractivity contribution in [1.82, 2.24) is 14.5 Å². The summed E-state index contributed by atoms with van der Waals surface area (Å²) in [7, 11) is 0. The largest absolute Gasteiger partial charge is 0.393 e. The number of imidazole rings is 1. The van der Waals surface area contributed by atoms with Crippen molar-refractivity contribution in [3.8, 4) is 0 Å². The summed E-state index contributed by atoms with van der Waals surface area (Å²) < 4.78 is 2.16. The highest BCUT2D eigenvalue weighted by Crippen LogP contribution is 2.17. The smallest absolute Gasteiger partial charge is 0.160 e. The van der Waals surface area contributed by atoms with E-state index in [0.29, 0.717) is 11.4 Å². The lowest BCUT2D eigenvalue weighted by atomic mass is 10.2. The standard InChI is InChI=1S/C14H20N4S/c1-3-4-5-13-17-11-8-10(2)9-16-14(11)18(13)7-6-12(15)19/h8-9H,3-7H2,1-2H3,(H2,15,19). The van der Waals surface area contributed by atoms with E-state index in [2.05, 4.69) is 22.5 Å². The minimum atomic E-state index is 0.537. The fourth-order valence-electron chi connectivity index (χ4n) is 2.14. The van der Waals surface area contributed by atoms with Crippen LogP contribution in [-0.4, -0.2) is 19.5 Å². The number of hydrogen-bond acceptors (Lipinski definition) is 3. The first-order chi connectivity index (χ1) is 9.11. The molecule has 0 saturated carbocycles. The Labute approximate surface area is 119 Å². The van der Waals surface area contributed by atoms with Crippen LogP contribution in [0, 0.1) is 6.92 Å². The average Bonchev–Trinajstić information content (AvgIpc) is 2.70. The van der Waals surface area contributed by atoms with E-state index in [4.69, 9.17) is 22.9 Å². The molecule has 0 fully saturated rings. The molecular weight excluding hydrogens is 256 g/mol. The second-order valence-corrected chi connectivity index (χ2v) is 5.38. The minimum Gasteiger partial charge on any atom is -0.393 e. The van der Waals surface area contributed by atoms with Gasteiger partial charge in [-0.3, -0.25) is 0 Å². The van der Waals surface area contributed by atoms with Crippen molar-refractivity contribution in [2.24, 2.45) is 5.73 Å². The first-order valence-electron chi connectivity index (χ1n) is 6.72.